The molecule has 0 aliphatic heterocycles. The molecule has 1 fully saturated rings. The van der Waals surface area contributed by atoms with E-state index in [0.29, 0.717) is 24.7 Å². The van der Waals surface area contributed by atoms with Gasteiger partial charge < -0.3 is 9.47 Å². The van der Waals surface area contributed by atoms with Crippen LogP contribution in [0.5, 0.6) is 11.5 Å². The van der Waals surface area contributed by atoms with Crippen molar-refractivity contribution in [3.8, 4) is 17.6 Å². The molecule has 0 saturated heterocycles. The Bertz CT molecular complexity index is 700. The second-order valence-electron chi connectivity index (χ2n) is 5.83. The van der Waals surface area contributed by atoms with Crippen molar-refractivity contribution in [2.75, 3.05) is 6.61 Å². The molecule has 3 heteroatoms. The highest BCUT2D eigenvalue weighted by atomic mass is 16.5. The monoisotopic (exact) mass is 307 g/mol. The molecule has 23 heavy (non-hydrogen) atoms. The first-order valence-electron chi connectivity index (χ1n) is 8.19. The summed E-state index contributed by atoms with van der Waals surface area (Å²) >= 11 is 0. The maximum Gasteiger partial charge on any atom is 0.128 e. The second kappa shape index (κ2) is 7.19. The lowest BCUT2D eigenvalue weighted by Crippen LogP contribution is -2.13. The number of ether oxygens (including phenoxy) is 2. The van der Waals surface area contributed by atoms with Gasteiger partial charge in [0.25, 0.3) is 0 Å². The van der Waals surface area contributed by atoms with Crippen molar-refractivity contribution in [2.45, 2.75) is 38.7 Å². The molecule has 0 N–H and O–H groups in total. The minimum absolute atomic E-state index is 0.482. The molecule has 118 valence electrons. The van der Waals surface area contributed by atoms with Crippen LogP contribution in [0.4, 0.5) is 0 Å². The standard InChI is InChI=1S/C20H21NO2/c1-2-22-18-11-16(13-21)12-19(20(18)17-9-6-10-17)23-14-15-7-4-3-5-8-15/h3-5,7-8,11-12,17H,2,6,9-10,14H2,1H3. The third-order valence-electron chi connectivity index (χ3n) is 4.28. The summed E-state index contributed by atoms with van der Waals surface area (Å²) in [6.07, 6.45) is 3.57. The van der Waals surface area contributed by atoms with Crippen molar-refractivity contribution in [3.05, 3.63) is 59.2 Å². The Kier molecular flexibility index (Phi) is 4.83. The molecule has 1 saturated carbocycles. The van der Waals surface area contributed by atoms with E-state index < -0.39 is 0 Å². The summed E-state index contributed by atoms with van der Waals surface area (Å²) in [5.41, 5.74) is 2.83. The van der Waals surface area contributed by atoms with Crippen LogP contribution in [-0.2, 0) is 6.61 Å². The summed E-state index contributed by atoms with van der Waals surface area (Å²) in [7, 11) is 0. The third-order valence-corrected chi connectivity index (χ3v) is 4.28. The van der Waals surface area contributed by atoms with Gasteiger partial charge in [0.05, 0.1) is 18.2 Å². The molecular formula is C20H21NO2. The highest BCUT2D eigenvalue weighted by molar-refractivity contribution is 5.53. The van der Waals surface area contributed by atoms with E-state index in [2.05, 4.69) is 6.07 Å². The van der Waals surface area contributed by atoms with E-state index in [4.69, 9.17) is 9.47 Å². The molecule has 0 unspecified atom stereocenters. The number of nitriles is 1. The summed E-state index contributed by atoms with van der Waals surface area (Å²) in [5, 5.41) is 9.28. The minimum Gasteiger partial charge on any atom is -0.493 e. The molecule has 2 aromatic rings. The molecule has 1 aliphatic carbocycles. The van der Waals surface area contributed by atoms with E-state index in [1.54, 1.807) is 0 Å². The summed E-state index contributed by atoms with van der Waals surface area (Å²) < 4.78 is 11.9. The topological polar surface area (TPSA) is 42.2 Å². The Morgan fingerprint density at radius 1 is 1.09 bits per heavy atom. The molecule has 2 aromatic carbocycles. The van der Waals surface area contributed by atoms with Gasteiger partial charge in [-0.3, -0.25) is 0 Å². The minimum atomic E-state index is 0.482. The van der Waals surface area contributed by atoms with E-state index in [1.807, 2.05) is 49.4 Å². The molecule has 3 rings (SSSR count). The molecule has 0 spiro atoms. The van der Waals surface area contributed by atoms with Crippen LogP contribution in [0, 0.1) is 11.3 Å². The molecule has 0 bridgehead atoms. The van der Waals surface area contributed by atoms with Crippen LogP contribution in [0.3, 0.4) is 0 Å². The van der Waals surface area contributed by atoms with Crippen molar-refractivity contribution >= 4 is 0 Å². The molecule has 0 heterocycles. The number of benzene rings is 2. The number of nitrogens with zero attached hydrogens (tertiary/aromatic N) is 1. The van der Waals surface area contributed by atoms with Gasteiger partial charge in [-0.1, -0.05) is 36.8 Å². The molecule has 0 radical (unpaired) electrons. The van der Waals surface area contributed by atoms with Gasteiger partial charge in [0.15, 0.2) is 0 Å². The Hall–Kier alpha value is -2.47. The predicted molar refractivity (Wildman–Crippen MR) is 89.7 cm³/mol. The maximum absolute atomic E-state index is 9.28. The van der Waals surface area contributed by atoms with Crippen LogP contribution in [0.1, 0.15) is 48.8 Å². The Morgan fingerprint density at radius 2 is 1.78 bits per heavy atom. The fourth-order valence-electron chi connectivity index (χ4n) is 2.89. The lowest BCUT2D eigenvalue weighted by Gasteiger charge is -2.29. The molecule has 0 atom stereocenters. The van der Waals surface area contributed by atoms with Crippen LogP contribution < -0.4 is 9.47 Å². The van der Waals surface area contributed by atoms with Crippen LogP contribution in [0.25, 0.3) is 0 Å². The van der Waals surface area contributed by atoms with Crippen molar-refractivity contribution in [3.63, 3.8) is 0 Å². The summed E-state index contributed by atoms with van der Waals surface area (Å²) in [5.74, 6) is 2.08. The third kappa shape index (κ3) is 3.48. The average Bonchev–Trinajstić information content (AvgIpc) is 2.54. The maximum atomic E-state index is 9.28. The van der Waals surface area contributed by atoms with Crippen LogP contribution in [0.15, 0.2) is 42.5 Å². The van der Waals surface area contributed by atoms with Gasteiger partial charge in [-0.25, -0.2) is 0 Å². The van der Waals surface area contributed by atoms with Gasteiger partial charge in [0.2, 0.25) is 0 Å². The zero-order chi connectivity index (χ0) is 16.1. The van der Waals surface area contributed by atoms with Gasteiger partial charge in [-0.2, -0.15) is 5.26 Å². The largest absolute Gasteiger partial charge is 0.493 e. The van der Waals surface area contributed by atoms with E-state index in [9.17, 15) is 5.26 Å². The van der Waals surface area contributed by atoms with E-state index in [0.717, 1.165) is 35.5 Å². The smallest absolute Gasteiger partial charge is 0.128 e. The van der Waals surface area contributed by atoms with Gasteiger partial charge in [0, 0.05) is 5.56 Å². The van der Waals surface area contributed by atoms with E-state index >= 15 is 0 Å². The predicted octanol–water partition coefficient (Wildman–Crippen LogP) is 4.80. The first-order valence-corrected chi connectivity index (χ1v) is 8.19. The highest BCUT2D eigenvalue weighted by Gasteiger charge is 2.27. The Morgan fingerprint density at radius 3 is 2.35 bits per heavy atom. The number of hydrogen-bond acceptors (Lipinski definition) is 3. The van der Waals surface area contributed by atoms with Crippen molar-refractivity contribution < 1.29 is 9.47 Å². The van der Waals surface area contributed by atoms with Crippen LogP contribution in [-0.4, -0.2) is 6.61 Å². The molecule has 0 amide bonds. The average molecular weight is 307 g/mol. The quantitative estimate of drug-likeness (QED) is 0.769. The normalized spacial score (nSPS) is 13.9. The Labute approximate surface area is 137 Å². The molecular weight excluding hydrogens is 286 g/mol. The SMILES string of the molecule is CCOc1cc(C#N)cc(OCc2ccccc2)c1C1CCC1. The van der Waals surface area contributed by atoms with Crippen LogP contribution in [0.2, 0.25) is 0 Å². The van der Waals surface area contributed by atoms with Gasteiger partial charge >= 0.3 is 0 Å². The fourth-order valence-corrected chi connectivity index (χ4v) is 2.89. The summed E-state index contributed by atoms with van der Waals surface area (Å²) in [6.45, 7) is 3.06. The zero-order valence-electron chi connectivity index (χ0n) is 13.4. The molecule has 3 nitrogen and oxygen atoms in total. The number of rotatable bonds is 6. The lowest BCUT2D eigenvalue weighted by molar-refractivity contribution is 0.280. The lowest BCUT2D eigenvalue weighted by atomic mass is 9.79. The highest BCUT2D eigenvalue weighted by Crippen LogP contribution is 2.46. The van der Waals surface area contributed by atoms with E-state index in [1.165, 1.54) is 6.42 Å². The second-order valence-corrected chi connectivity index (χ2v) is 5.83. The van der Waals surface area contributed by atoms with Crippen molar-refractivity contribution in [2.24, 2.45) is 0 Å². The molecule has 1 aliphatic rings. The zero-order valence-corrected chi connectivity index (χ0v) is 13.4. The van der Waals surface area contributed by atoms with E-state index in [-0.39, 0.29) is 0 Å². The van der Waals surface area contributed by atoms with Gasteiger partial charge in [0.1, 0.15) is 18.1 Å². The Balaban J connectivity index is 1.92. The van der Waals surface area contributed by atoms with Crippen molar-refractivity contribution in [1.29, 1.82) is 5.26 Å². The number of hydrogen-bond donors (Lipinski definition) is 0. The molecule has 0 aromatic heterocycles. The van der Waals surface area contributed by atoms with Gasteiger partial charge in [-0.15, -0.1) is 0 Å². The van der Waals surface area contributed by atoms with Gasteiger partial charge in [-0.05, 0) is 43.4 Å². The first kappa shape index (κ1) is 15.4. The fraction of sp³-hybridized carbons (Fsp3) is 0.350. The summed E-state index contributed by atoms with van der Waals surface area (Å²) in [6, 6.07) is 16.0. The van der Waals surface area contributed by atoms with Crippen LogP contribution >= 0.6 is 0 Å². The first-order chi connectivity index (χ1) is 11.3. The summed E-state index contributed by atoms with van der Waals surface area (Å²) in [4.78, 5) is 0. The van der Waals surface area contributed by atoms with Crippen molar-refractivity contribution in [1.82, 2.24) is 0 Å².